The quantitative estimate of drug-likeness (QED) is 0.495. The molecule has 1 aromatic heterocycles. The van der Waals surface area contributed by atoms with Gasteiger partial charge in [0.2, 0.25) is 0 Å². The minimum Gasteiger partial charge on any atom is -0.313 e. The highest BCUT2D eigenvalue weighted by Gasteiger charge is 2.36. The first kappa shape index (κ1) is 20.4. The largest absolute Gasteiger partial charge is 0.407 e. The van der Waals surface area contributed by atoms with Crippen molar-refractivity contribution in [2.24, 2.45) is 0 Å². The van der Waals surface area contributed by atoms with Gasteiger partial charge in [0.05, 0.1) is 18.7 Å². The number of aryl methyl sites for hydroxylation is 3. The van der Waals surface area contributed by atoms with E-state index in [4.69, 9.17) is 6.57 Å². The predicted molar refractivity (Wildman–Crippen MR) is 107 cm³/mol. The molecule has 0 spiro atoms. The van der Waals surface area contributed by atoms with Gasteiger partial charge in [0, 0.05) is 5.69 Å². The molecule has 0 unspecified atom stereocenters. The molecular formula is C23H19F3N2O. The Kier molecular flexibility index (Phi) is 5.34. The molecule has 0 fully saturated rings. The van der Waals surface area contributed by atoms with Crippen molar-refractivity contribution in [1.29, 1.82) is 0 Å². The molecule has 2 aromatic carbocycles. The van der Waals surface area contributed by atoms with E-state index in [0.717, 1.165) is 28.3 Å². The molecule has 0 radical (unpaired) electrons. The van der Waals surface area contributed by atoms with E-state index < -0.39 is 23.0 Å². The third-order valence-corrected chi connectivity index (χ3v) is 4.83. The van der Waals surface area contributed by atoms with Crippen LogP contribution in [0.4, 0.5) is 18.9 Å². The van der Waals surface area contributed by atoms with Gasteiger partial charge in [-0.3, -0.25) is 4.79 Å². The summed E-state index contributed by atoms with van der Waals surface area (Å²) in [4.78, 5) is 15.9. The van der Waals surface area contributed by atoms with Gasteiger partial charge in [0.15, 0.2) is 0 Å². The van der Waals surface area contributed by atoms with Crippen LogP contribution in [-0.4, -0.2) is 4.57 Å². The molecule has 0 N–H and O–H groups in total. The normalized spacial score (nSPS) is 11.3. The van der Waals surface area contributed by atoms with Gasteiger partial charge in [0.1, 0.15) is 0 Å². The summed E-state index contributed by atoms with van der Waals surface area (Å²) in [6.07, 6.45) is -4.80. The fraction of sp³-hybridized carbons (Fsp3) is 0.217. The summed E-state index contributed by atoms with van der Waals surface area (Å²) in [7, 11) is 0. The third-order valence-electron chi connectivity index (χ3n) is 4.83. The molecule has 1 heterocycles. The van der Waals surface area contributed by atoms with E-state index in [1.165, 1.54) is 4.57 Å². The monoisotopic (exact) mass is 396 g/mol. The smallest absolute Gasteiger partial charge is 0.313 e. The molecule has 0 saturated heterocycles. The van der Waals surface area contributed by atoms with Crippen molar-refractivity contribution in [2.45, 2.75) is 33.5 Å². The summed E-state index contributed by atoms with van der Waals surface area (Å²) < 4.78 is 42.0. The lowest BCUT2D eigenvalue weighted by Gasteiger charge is -2.19. The lowest BCUT2D eigenvalue weighted by atomic mass is 10.0. The van der Waals surface area contributed by atoms with Gasteiger partial charge < -0.3 is 4.57 Å². The first-order chi connectivity index (χ1) is 13.6. The van der Waals surface area contributed by atoms with Gasteiger partial charge in [-0.2, -0.15) is 13.2 Å². The fourth-order valence-corrected chi connectivity index (χ4v) is 3.35. The van der Waals surface area contributed by atoms with E-state index >= 15 is 0 Å². The Hall–Kier alpha value is -3.33. The summed E-state index contributed by atoms with van der Waals surface area (Å²) in [5.74, 6) is 0. The first-order valence-corrected chi connectivity index (χ1v) is 8.97. The zero-order valence-corrected chi connectivity index (χ0v) is 16.3. The third kappa shape index (κ3) is 4.09. The van der Waals surface area contributed by atoms with Gasteiger partial charge in [-0.1, -0.05) is 47.5 Å². The van der Waals surface area contributed by atoms with Crippen LogP contribution < -0.4 is 5.56 Å². The van der Waals surface area contributed by atoms with Crippen molar-refractivity contribution in [3.05, 3.63) is 98.1 Å². The molecule has 148 valence electrons. The number of halogens is 3. The summed E-state index contributed by atoms with van der Waals surface area (Å²) in [6, 6.07) is 13.6. The van der Waals surface area contributed by atoms with E-state index in [2.05, 4.69) is 4.85 Å². The van der Waals surface area contributed by atoms with Crippen LogP contribution in [0.1, 0.15) is 27.8 Å². The van der Waals surface area contributed by atoms with Crippen LogP contribution >= 0.6 is 0 Å². The number of alkyl halides is 3. The summed E-state index contributed by atoms with van der Waals surface area (Å²) >= 11 is 0. The first-order valence-electron chi connectivity index (χ1n) is 8.97. The standard InChI is InChI=1S/C23H19F3N2O/c1-14-6-5-7-17(11-14)20-12-19(23(24,25)26)21(27-4)22(29)28(20)13-18-9-8-15(2)10-16(18)3/h5-12H,13H2,1-3H3. The highest BCUT2D eigenvalue weighted by Crippen LogP contribution is 2.37. The van der Waals surface area contributed by atoms with E-state index in [9.17, 15) is 18.0 Å². The van der Waals surface area contributed by atoms with E-state index in [-0.39, 0.29) is 12.2 Å². The van der Waals surface area contributed by atoms with Crippen molar-refractivity contribution in [2.75, 3.05) is 0 Å². The average Bonchev–Trinajstić information content (AvgIpc) is 2.64. The topological polar surface area (TPSA) is 26.4 Å². The molecule has 0 bridgehead atoms. The van der Waals surface area contributed by atoms with Gasteiger partial charge in [-0.15, -0.1) is 0 Å². The second-order valence-electron chi connectivity index (χ2n) is 7.09. The molecule has 3 aromatic rings. The van der Waals surface area contributed by atoms with Crippen LogP contribution in [0.2, 0.25) is 0 Å². The molecule has 0 amide bonds. The van der Waals surface area contributed by atoms with Crippen molar-refractivity contribution in [1.82, 2.24) is 4.57 Å². The molecule has 6 heteroatoms. The lowest BCUT2D eigenvalue weighted by molar-refractivity contribution is -0.136. The van der Waals surface area contributed by atoms with E-state index in [1.807, 2.05) is 45.0 Å². The second kappa shape index (κ2) is 7.59. The molecule has 0 saturated carbocycles. The number of benzene rings is 2. The zero-order valence-electron chi connectivity index (χ0n) is 16.3. The van der Waals surface area contributed by atoms with Gasteiger partial charge >= 0.3 is 6.18 Å². The second-order valence-corrected chi connectivity index (χ2v) is 7.09. The zero-order chi connectivity index (χ0) is 21.3. The van der Waals surface area contributed by atoms with E-state index in [1.54, 1.807) is 18.2 Å². The number of hydrogen-bond acceptors (Lipinski definition) is 1. The minimum absolute atomic E-state index is 0.0783. The number of aromatic nitrogens is 1. The fourth-order valence-electron chi connectivity index (χ4n) is 3.35. The van der Waals surface area contributed by atoms with Crippen LogP contribution in [0.3, 0.4) is 0 Å². The number of pyridine rings is 1. The van der Waals surface area contributed by atoms with Gasteiger partial charge in [-0.05, 0) is 49.6 Å². The molecule has 0 aliphatic rings. The highest BCUT2D eigenvalue weighted by atomic mass is 19.4. The Morgan fingerprint density at radius 3 is 2.28 bits per heavy atom. The Balaban J connectivity index is 2.33. The van der Waals surface area contributed by atoms with Crippen molar-refractivity contribution in [3.8, 4) is 11.3 Å². The molecular weight excluding hydrogens is 377 g/mol. The maximum Gasteiger partial charge on any atom is 0.407 e. The van der Waals surface area contributed by atoms with Crippen LogP contribution in [0, 0.1) is 27.3 Å². The summed E-state index contributed by atoms with van der Waals surface area (Å²) in [6.45, 7) is 12.9. The Bertz CT molecular complexity index is 1180. The van der Waals surface area contributed by atoms with Gasteiger partial charge in [-0.25, -0.2) is 4.85 Å². The highest BCUT2D eigenvalue weighted by molar-refractivity contribution is 5.66. The minimum atomic E-state index is -4.80. The Morgan fingerprint density at radius 2 is 1.69 bits per heavy atom. The average molecular weight is 396 g/mol. The lowest BCUT2D eigenvalue weighted by Crippen LogP contribution is -2.25. The molecule has 0 aliphatic carbocycles. The Morgan fingerprint density at radius 1 is 1.00 bits per heavy atom. The molecule has 0 atom stereocenters. The maximum absolute atomic E-state index is 13.6. The summed E-state index contributed by atoms with van der Waals surface area (Å²) in [5, 5.41) is 0. The van der Waals surface area contributed by atoms with Crippen molar-refractivity contribution in [3.63, 3.8) is 0 Å². The van der Waals surface area contributed by atoms with Gasteiger partial charge in [0.25, 0.3) is 11.2 Å². The van der Waals surface area contributed by atoms with Crippen LogP contribution in [0.5, 0.6) is 0 Å². The SMILES string of the molecule is [C-]#[N+]c1c(C(F)(F)F)cc(-c2cccc(C)c2)n(Cc2ccc(C)cc2C)c1=O. The van der Waals surface area contributed by atoms with Crippen LogP contribution in [0.15, 0.2) is 53.3 Å². The maximum atomic E-state index is 13.6. The predicted octanol–water partition coefficient (Wildman–Crippen LogP) is 6.06. The number of hydrogen-bond donors (Lipinski definition) is 0. The molecule has 3 nitrogen and oxygen atoms in total. The molecule has 0 aliphatic heterocycles. The Labute approximate surface area is 166 Å². The number of nitrogens with zero attached hydrogens (tertiary/aromatic N) is 2. The summed E-state index contributed by atoms with van der Waals surface area (Å²) in [5.41, 5.74) is 1.23. The van der Waals surface area contributed by atoms with Crippen molar-refractivity contribution < 1.29 is 13.2 Å². The van der Waals surface area contributed by atoms with E-state index in [0.29, 0.717) is 5.56 Å². The molecule has 3 rings (SSSR count). The van der Waals surface area contributed by atoms with Crippen molar-refractivity contribution >= 4 is 5.69 Å². The number of rotatable bonds is 3. The van der Waals surface area contributed by atoms with Crippen LogP contribution in [0.25, 0.3) is 16.1 Å². The van der Waals surface area contributed by atoms with Crippen LogP contribution in [-0.2, 0) is 12.7 Å². The molecule has 29 heavy (non-hydrogen) atoms.